The van der Waals surface area contributed by atoms with Crippen molar-refractivity contribution in [3.05, 3.63) is 35.4 Å². The maximum Gasteiger partial charge on any atom is 0.150 e. The zero-order valence-electron chi connectivity index (χ0n) is 10.4. The first kappa shape index (κ1) is 13.5. The van der Waals surface area contributed by atoms with E-state index in [1.54, 1.807) is 7.11 Å². The number of hydrogen-bond acceptors (Lipinski definition) is 4. The molecule has 1 fully saturated rings. The Morgan fingerprint density at radius 1 is 1.50 bits per heavy atom. The van der Waals surface area contributed by atoms with Gasteiger partial charge in [-0.1, -0.05) is 24.3 Å². The molecule has 1 aliphatic heterocycles. The first-order chi connectivity index (χ1) is 8.52. The van der Waals surface area contributed by atoms with Crippen LogP contribution in [0.15, 0.2) is 24.3 Å². The predicted octanol–water partition coefficient (Wildman–Crippen LogP) is 1.30. The second kappa shape index (κ2) is 5.38. The summed E-state index contributed by atoms with van der Waals surface area (Å²) in [5.41, 5.74) is 1.75. The number of hydrogen-bond donors (Lipinski definition) is 1. The molecule has 0 aromatic heterocycles. The van der Waals surface area contributed by atoms with Crippen molar-refractivity contribution in [2.45, 2.75) is 19.1 Å². The van der Waals surface area contributed by atoms with Gasteiger partial charge in [-0.15, -0.1) is 0 Å². The van der Waals surface area contributed by atoms with Gasteiger partial charge in [0.1, 0.15) is 0 Å². The standard InChI is InChI=1S/C13H18O4S/c1-17-8-10-3-2-4-11(7-10)13(14)12-5-6-18(15,16)9-12/h2-4,7,12-14H,5-6,8-9H2,1H3. The van der Waals surface area contributed by atoms with Crippen molar-refractivity contribution in [1.29, 1.82) is 0 Å². The third kappa shape index (κ3) is 3.10. The minimum absolute atomic E-state index is 0.0860. The molecule has 1 aromatic carbocycles. The topological polar surface area (TPSA) is 63.6 Å². The highest BCUT2D eigenvalue weighted by atomic mass is 32.2. The molecule has 100 valence electrons. The molecular formula is C13H18O4S. The van der Waals surface area contributed by atoms with Crippen LogP contribution in [0.3, 0.4) is 0 Å². The van der Waals surface area contributed by atoms with Gasteiger partial charge in [-0.2, -0.15) is 0 Å². The average molecular weight is 270 g/mol. The van der Waals surface area contributed by atoms with Crippen molar-refractivity contribution >= 4 is 9.84 Å². The fraction of sp³-hybridized carbons (Fsp3) is 0.538. The molecule has 0 spiro atoms. The van der Waals surface area contributed by atoms with Crippen LogP contribution in [-0.4, -0.2) is 32.1 Å². The summed E-state index contributed by atoms with van der Waals surface area (Å²) in [4.78, 5) is 0. The van der Waals surface area contributed by atoms with Crippen molar-refractivity contribution in [2.24, 2.45) is 5.92 Å². The van der Waals surface area contributed by atoms with Crippen molar-refractivity contribution < 1.29 is 18.3 Å². The van der Waals surface area contributed by atoms with E-state index in [0.717, 1.165) is 11.1 Å². The van der Waals surface area contributed by atoms with Crippen LogP contribution in [0, 0.1) is 5.92 Å². The molecule has 2 atom stereocenters. The van der Waals surface area contributed by atoms with E-state index in [1.807, 2.05) is 24.3 Å². The Bertz CT molecular complexity index is 509. The molecule has 1 N–H and O–H groups in total. The molecule has 0 saturated carbocycles. The molecule has 1 aromatic rings. The number of sulfone groups is 1. The highest BCUT2D eigenvalue weighted by Crippen LogP contribution is 2.31. The van der Waals surface area contributed by atoms with Gasteiger partial charge in [-0.3, -0.25) is 0 Å². The molecule has 0 amide bonds. The summed E-state index contributed by atoms with van der Waals surface area (Å²) in [6.07, 6.45) is -0.169. The summed E-state index contributed by atoms with van der Waals surface area (Å²) < 4.78 is 27.9. The van der Waals surface area contributed by atoms with Crippen LogP contribution in [0.4, 0.5) is 0 Å². The van der Waals surface area contributed by atoms with Crippen molar-refractivity contribution in [2.75, 3.05) is 18.6 Å². The van der Waals surface area contributed by atoms with Crippen LogP contribution in [0.1, 0.15) is 23.7 Å². The summed E-state index contributed by atoms with van der Waals surface area (Å²) in [6, 6.07) is 7.48. The molecule has 1 saturated heterocycles. The number of ether oxygens (including phenoxy) is 1. The minimum Gasteiger partial charge on any atom is -0.388 e. The van der Waals surface area contributed by atoms with Crippen molar-refractivity contribution in [3.63, 3.8) is 0 Å². The van der Waals surface area contributed by atoms with Crippen LogP contribution < -0.4 is 0 Å². The highest BCUT2D eigenvalue weighted by Gasteiger charge is 2.33. The van der Waals surface area contributed by atoms with E-state index in [-0.39, 0.29) is 17.4 Å². The van der Waals surface area contributed by atoms with E-state index in [0.29, 0.717) is 13.0 Å². The van der Waals surface area contributed by atoms with Crippen LogP contribution in [0.25, 0.3) is 0 Å². The largest absolute Gasteiger partial charge is 0.388 e. The molecule has 0 bridgehead atoms. The van der Waals surface area contributed by atoms with E-state index in [1.165, 1.54) is 0 Å². The lowest BCUT2D eigenvalue weighted by Gasteiger charge is -2.17. The molecule has 0 aliphatic carbocycles. The Morgan fingerprint density at radius 2 is 2.28 bits per heavy atom. The summed E-state index contributed by atoms with van der Waals surface area (Å²) in [5.74, 6) is 0.0857. The van der Waals surface area contributed by atoms with E-state index in [4.69, 9.17) is 4.74 Å². The van der Waals surface area contributed by atoms with E-state index < -0.39 is 15.9 Å². The molecule has 18 heavy (non-hydrogen) atoms. The van der Waals surface area contributed by atoms with Crippen LogP contribution in [0.2, 0.25) is 0 Å². The summed E-state index contributed by atoms with van der Waals surface area (Å²) in [7, 11) is -1.34. The lowest BCUT2D eigenvalue weighted by molar-refractivity contribution is 0.120. The number of aliphatic hydroxyl groups excluding tert-OH is 1. The molecular weight excluding hydrogens is 252 g/mol. The molecule has 5 heteroatoms. The van der Waals surface area contributed by atoms with Crippen LogP contribution >= 0.6 is 0 Å². The van der Waals surface area contributed by atoms with Crippen molar-refractivity contribution in [1.82, 2.24) is 0 Å². The minimum atomic E-state index is -2.95. The zero-order chi connectivity index (χ0) is 13.2. The summed E-state index contributed by atoms with van der Waals surface area (Å²) >= 11 is 0. The monoisotopic (exact) mass is 270 g/mol. The van der Waals surface area contributed by atoms with E-state index in [2.05, 4.69) is 0 Å². The third-order valence-corrected chi connectivity index (χ3v) is 5.11. The maximum atomic E-state index is 11.4. The van der Waals surface area contributed by atoms with Gasteiger partial charge in [0.25, 0.3) is 0 Å². The van der Waals surface area contributed by atoms with E-state index in [9.17, 15) is 13.5 Å². The van der Waals surface area contributed by atoms with Gasteiger partial charge in [0.2, 0.25) is 0 Å². The SMILES string of the molecule is COCc1cccc(C(O)C2CCS(=O)(=O)C2)c1. The predicted molar refractivity (Wildman–Crippen MR) is 68.9 cm³/mol. The Balaban J connectivity index is 2.13. The molecule has 0 radical (unpaired) electrons. The first-order valence-electron chi connectivity index (χ1n) is 5.98. The fourth-order valence-corrected chi connectivity index (χ4v) is 4.21. The van der Waals surface area contributed by atoms with Gasteiger partial charge in [0, 0.05) is 13.0 Å². The highest BCUT2D eigenvalue weighted by molar-refractivity contribution is 7.91. The maximum absolute atomic E-state index is 11.4. The van der Waals surface area contributed by atoms with Gasteiger partial charge in [-0.25, -0.2) is 8.42 Å². The molecule has 1 heterocycles. The fourth-order valence-electron chi connectivity index (χ4n) is 2.38. The van der Waals surface area contributed by atoms with Crippen LogP contribution in [0.5, 0.6) is 0 Å². The summed E-state index contributed by atoms with van der Waals surface area (Å²) in [5, 5.41) is 10.2. The number of benzene rings is 1. The van der Waals surface area contributed by atoms with Crippen LogP contribution in [-0.2, 0) is 21.2 Å². The number of rotatable bonds is 4. The molecule has 4 nitrogen and oxygen atoms in total. The molecule has 2 unspecified atom stereocenters. The van der Waals surface area contributed by atoms with Gasteiger partial charge < -0.3 is 9.84 Å². The van der Waals surface area contributed by atoms with Crippen molar-refractivity contribution in [3.8, 4) is 0 Å². The quantitative estimate of drug-likeness (QED) is 0.895. The Hall–Kier alpha value is -0.910. The lowest BCUT2D eigenvalue weighted by Crippen LogP contribution is -2.14. The second-order valence-corrected chi connectivity index (χ2v) is 7.01. The number of methoxy groups -OCH3 is 1. The summed E-state index contributed by atoms with van der Waals surface area (Å²) in [6.45, 7) is 0.490. The normalized spacial score (nSPS) is 24.0. The second-order valence-electron chi connectivity index (χ2n) is 4.79. The van der Waals surface area contributed by atoms with Gasteiger partial charge in [0.15, 0.2) is 9.84 Å². The number of aliphatic hydroxyl groups is 1. The van der Waals surface area contributed by atoms with Gasteiger partial charge >= 0.3 is 0 Å². The Morgan fingerprint density at radius 3 is 2.89 bits per heavy atom. The first-order valence-corrected chi connectivity index (χ1v) is 7.80. The average Bonchev–Trinajstić information content (AvgIpc) is 2.70. The van der Waals surface area contributed by atoms with Gasteiger partial charge in [0.05, 0.1) is 24.2 Å². The van der Waals surface area contributed by atoms with E-state index >= 15 is 0 Å². The smallest absolute Gasteiger partial charge is 0.150 e. The zero-order valence-corrected chi connectivity index (χ0v) is 11.2. The Kier molecular flexibility index (Phi) is 4.04. The Labute approximate surface area is 108 Å². The van der Waals surface area contributed by atoms with Gasteiger partial charge in [-0.05, 0) is 17.5 Å². The molecule has 2 rings (SSSR count). The lowest BCUT2D eigenvalue weighted by atomic mass is 9.94. The third-order valence-electron chi connectivity index (χ3n) is 3.32. The molecule has 1 aliphatic rings.